The zero-order chi connectivity index (χ0) is 28.4. The van der Waals surface area contributed by atoms with E-state index in [-0.39, 0.29) is 0 Å². The smallest absolute Gasteiger partial charge is 0.232 e. The van der Waals surface area contributed by atoms with Gasteiger partial charge >= 0.3 is 0 Å². The van der Waals surface area contributed by atoms with Gasteiger partial charge in [-0.25, -0.2) is 13.4 Å². The number of hydrogen-bond donors (Lipinski definition) is 2. The van der Waals surface area contributed by atoms with E-state index in [9.17, 15) is 8.42 Å². The molecule has 3 heterocycles. The second-order valence-corrected chi connectivity index (χ2v) is 12.7. The zero-order valence-electron chi connectivity index (χ0n) is 23.1. The van der Waals surface area contributed by atoms with Crippen molar-refractivity contribution >= 4 is 60.5 Å². The van der Waals surface area contributed by atoms with Crippen molar-refractivity contribution in [3.05, 3.63) is 46.6 Å². The number of nitrogens with zero attached hydrogens (tertiary/aromatic N) is 5. The fourth-order valence-corrected chi connectivity index (χ4v) is 5.56. The fourth-order valence-electron chi connectivity index (χ4n) is 4.75. The quantitative estimate of drug-likeness (QED) is 0.375. The number of nitrogens with one attached hydrogen (secondary N) is 2. The molecule has 0 unspecified atom stereocenters. The molecular formula is C27H34BrN7O4S. The summed E-state index contributed by atoms with van der Waals surface area (Å²) in [6, 6.07) is 9.85. The van der Waals surface area contributed by atoms with Gasteiger partial charge in [-0.05, 0) is 65.3 Å². The van der Waals surface area contributed by atoms with Crippen LogP contribution in [0, 0.1) is 0 Å². The fraction of sp³-hybridized carbons (Fsp3) is 0.407. The SMILES string of the molecule is CCc1cc(Nc2ncc(Br)c(Nc3ccc4c(c3N(C)S(C)(=O)=O)OCCO4)n2)ccc1N1CCN(C)CC1. The van der Waals surface area contributed by atoms with E-state index < -0.39 is 10.0 Å². The van der Waals surface area contributed by atoms with Crippen molar-refractivity contribution in [2.45, 2.75) is 13.3 Å². The number of fused-ring (bicyclic) bond motifs is 1. The number of hydrogen-bond acceptors (Lipinski definition) is 10. The number of anilines is 6. The molecule has 2 aliphatic heterocycles. The Kier molecular flexibility index (Phi) is 8.24. The molecule has 2 aliphatic rings. The van der Waals surface area contributed by atoms with E-state index in [0.717, 1.165) is 44.5 Å². The van der Waals surface area contributed by atoms with Crippen LogP contribution in [0.4, 0.5) is 34.5 Å². The summed E-state index contributed by atoms with van der Waals surface area (Å²) in [5.41, 5.74) is 4.25. The summed E-state index contributed by atoms with van der Waals surface area (Å²) in [7, 11) is 0.0479. The molecule has 0 radical (unpaired) electrons. The third kappa shape index (κ3) is 6.06. The molecule has 13 heteroatoms. The van der Waals surface area contributed by atoms with Crippen molar-refractivity contribution in [3.63, 3.8) is 0 Å². The number of aromatic nitrogens is 2. The van der Waals surface area contributed by atoms with Gasteiger partial charge in [0.05, 0.1) is 16.4 Å². The van der Waals surface area contributed by atoms with Crippen LogP contribution in [-0.4, -0.2) is 83.0 Å². The van der Waals surface area contributed by atoms with Gasteiger partial charge in [-0.15, -0.1) is 0 Å². The van der Waals surface area contributed by atoms with Crippen molar-refractivity contribution < 1.29 is 17.9 Å². The minimum absolute atomic E-state index is 0.319. The summed E-state index contributed by atoms with van der Waals surface area (Å²) in [4.78, 5) is 13.9. The third-order valence-corrected chi connectivity index (χ3v) is 8.81. The molecule has 2 aromatic carbocycles. The topological polar surface area (TPSA) is 112 Å². The van der Waals surface area contributed by atoms with Gasteiger partial charge in [-0.2, -0.15) is 4.98 Å². The monoisotopic (exact) mass is 631 g/mol. The van der Waals surface area contributed by atoms with E-state index in [0.29, 0.717) is 52.3 Å². The Morgan fingerprint density at radius 2 is 1.82 bits per heavy atom. The average Bonchev–Trinajstić information content (AvgIpc) is 2.94. The highest BCUT2D eigenvalue weighted by atomic mass is 79.9. The lowest BCUT2D eigenvalue weighted by molar-refractivity contribution is 0.172. The number of aryl methyl sites for hydroxylation is 1. The summed E-state index contributed by atoms with van der Waals surface area (Å²) in [6.07, 6.45) is 3.70. The van der Waals surface area contributed by atoms with Crippen LogP contribution in [0.2, 0.25) is 0 Å². The number of ether oxygens (including phenoxy) is 2. The van der Waals surface area contributed by atoms with Crippen molar-refractivity contribution in [1.82, 2.24) is 14.9 Å². The molecule has 1 saturated heterocycles. The maximum Gasteiger partial charge on any atom is 0.232 e. The lowest BCUT2D eigenvalue weighted by Crippen LogP contribution is -2.44. The maximum absolute atomic E-state index is 12.5. The molecule has 40 heavy (non-hydrogen) atoms. The highest BCUT2D eigenvalue weighted by Crippen LogP contribution is 2.46. The van der Waals surface area contributed by atoms with Gasteiger partial charge in [-0.1, -0.05) is 6.92 Å². The number of sulfonamides is 1. The van der Waals surface area contributed by atoms with Gasteiger partial charge in [0.15, 0.2) is 11.5 Å². The largest absolute Gasteiger partial charge is 0.486 e. The Morgan fingerprint density at radius 3 is 2.55 bits per heavy atom. The highest BCUT2D eigenvalue weighted by molar-refractivity contribution is 9.10. The van der Waals surface area contributed by atoms with Crippen molar-refractivity contribution in [2.24, 2.45) is 0 Å². The Balaban J connectivity index is 1.42. The van der Waals surface area contributed by atoms with Crippen LogP contribution < -0.4 is 29.3 Å². The van der Waals surface area contributed by atoms with Gasteiger partial charge in [0.1, 0.15) is 24.7 Å². The molecule has 1 fully saturated rings. The molecule has 3 aromatic rings. The van der Waals surface area contributed by atoms with E-state index in [1.165, 1.54) is 22.6 Å². The Labute approximate surface area is 243 Å². The minimum Gasteiger partial charge on any atom is -0.486 e. The van der Waals surface area contributed by atoms with Gasteiger partial charge in [0.25, 0.3) is 0 Å². The summed E-state index contributed by atoms with van der Waals surface area (Å²) in [6.45, 7) is 7.00. The summed E-state index contributed by atoms with van der Waals surface area (Å²) < 4.78 is 38.3. The van der Waals surface area contributed by atoms with Gasteiger partial charge < -0.3 is 29.9 Å². The molecule has 214 valence electrons. The van der Waals surface area contributed by atoms with Gasteiger partial charge in [0.2, 0.25) is 16.0 Å². The minimum atomic E-state index is -3.59. The highest BCUT2D eigenvalue weighted by Gasteiger charge is 2.27. The van der Waals surface area contributed by atoms with Gasteiger partial charge in [-0.3, -0.25) is 4.31 Å². The van der Waals surface area contributed by atoms with Crippen molar-refractivity contribution in [1.29, 1.82) is 0 Å². The van der Waals surface area contributed by atoms with Gasteiger partial charge in [0, 0.05) is 50.8 Å². The van der Waals surface area contributed by atoms with Crippen LogP contribution in [0.15, 0.2) is 41.0 Å². The molecule has 0 aliphatic carbocycles. The molecule has 0 spiro atoms. The maximum atomic E-state index is 12.5. The molecular weight excluding hydrogens is 598 g/mol. The second kappa shape index (κ2) is 11.7. The van der Waals surface area contributed by atoms with E-state index in [1.54, 1.807) is 18.3 Å². The van der Waals surface area contributed by atoms with E-state index >= 15 is 0 Å². The van der Waals surface area contributed by atoms with Crippen molar-refractivity contribution in [3.8, 4) is 11.5 Å². The Bertz CT molecular complexity index is 1500. The molecule has 5 rings (SSSR count). The Hall–Kier alpha value is -3.29. The number of halogens is 1. The van der Waals surface area contributed by atoms with Crippen LogP contribution >= 0.6 is 15.9 Å². The van der Waals surface area contributed by atoms with E-state index in [2.05, 4.69) is 72.4 Å². The van der Waals surface area contributed by atoms with Crippen LogP contribution in [0.3, 0.4) is 0 Å². The molecule has 2 N–H and O–H groups in total. The lowest BCUT2D eigenvalue weighted by Gasteiger charge is -2.35. The summed E-state index contributed by atoms with van der Waals surface area (Å²) >= 11 is 3.52. The zero-order valence-corrected chi connectivity index (χ0v) is 25.5. The molecule has 1 aromatic heterocycles. The van der Waals surface area contributed by atoms with E-state index in [1.807, 2.05) is 6.07 Å². The predicted molar refractivity (Wildman–Crippen MR) is 163 cm³/mol. The molecule has 11 nitrogen and oxygen atoms in total. The number of piperazine rings is 1. The molecule has 0 atom stereocenters. The predicted octanol–water partition coefficient (Wildman–Crippen LogP) is 4.21. The normalized spacial score (nSPS) is 15.6. The number of benzene rings is 2. The van der Waals surface area contributed by atoms with Crippen LogP contribution in [0.5, 0.6) is 11.5 Å². The van der Waals surface area contributed by atoms with E-state index in [4.69, 9.17) is 9.47 Å². The second-order valence-electron chi connectivity index (χ2n) is 9.84. The van der Waals surface area contributed by atoms with Crippen LogP contribution in [0.25, 0.3) is 0 Å². The molecule has 0 amide bonds. The average molecular weight is 633 g/mol. The first-order valence-electron chi connectivity index (χ1n) is 13.1. The van der Waals surface area contributed by atoms with Crippen LogP contribution in [-0.2, 0) is 16.4 Å². The number of likely N-dealkylation sites (N-methyl/N-ethyl adjacent to an activating group) is 1. The van der Waals surface area contributed by atoms with Crippen LogP contribution in [0.1, 0.15) is 12.5 Å². The molecule has 0 saturated carbocycles. The van der Waals surface area contributed by atoms with Crippen molar-refractivity contribution in [2.75, 3.05) is 79.6 Å². The first-order valence-corrected chi connectivity index (χ1v) is 15.8. The lowest BCUT2D eigenvalue weighted by atomic mass is 10.1. The first kappa shape index (κ1) is 28.2. The summed E-state index contributed by atoms with van der Waals surface area (Å²) in [5.74, 6) is 1.70. The standard InChI is InChI=1S/C27H34BrN7O4S/c1-5-18-16-19(6-8-22(18)35-12-10-33(2)11-13-35)30-27-29-17-20(28)26(32-27)31-21-7-9-23-25(39-15-14-38-23)24(21)34(3)40(4,36)37/h6-9,16-17H,5,10-15H2,1-4H3,(H2,29,30,31,32). The first-order chi connectivity index (χ1) is 19.1. The Morgan fingerprint density at radius 1 is 1.07 bits per heavy atom. The summed E-state index contributed by atoms with van der Waals surface area (Å²) in [5, 5.41) is 6.58. The number of rotatable bonds is 8. The molecule has 0 bridgehead atoms. The third-order valence-electron chi connectivity index (χ3n) is 7.05.